The molecule has 1 aromatic rings. The van der Waals surface area contributed by atoms with Gasteiger partial charge in [-0.15, -0.1) is 24.0 Å². The maximum atomic E-state index is 11.0. The number of rotatable bonds is 10. The van der Waals surface area contributed by atoms with E-state index >= 15 is 0 Å². The van der Waals surface area contributed by atoms with E-state index in [2.05, 4.69) is 53.7 Å². The van der Waals surface area contributed by atoms with Gasteiger partial charge in [-0.3, -0.25) is 4.99 Å². The largest absolute Gasteiger partial charge is 0.379 e. The molecule has 0 bridgehead atoms. The summed E-state index contributed by atoms with van der Waals surface area (Å²) in [6.45, 7) is 8.97. The van der Waals surface area contributed by atoms with Crippen molar-refractivity contribution in [3.8, 4) is 0 Å². The third kappa shape index (κ3) is 11.7. The number of halogens is 1. The molecule has 1 unspecified atom stereocenters. The molecule has 0 fully saturated rings. The Kier molecular flexibility index (Phi) is 12.9. The lowest BCUT2D eigenvalue weighted by Crippen LogP contribution is -2.39. The van der Waals surface area contributed by atoms with Crippen molar-refractivity contribution in [1.82, 2.24) is 10.6 Å². The van der Waals surface area contributed by atoms with Gasteiger partial charge in [-0.05, 0) is 19.4 Å². The minimum Gasteiger partial charge on any atom is -0.379 e. The summed E-state index contributed by atoms with van der Waals surface area (Å²) < 4.78 is 27.4. The Bertz CT molecular complexity index is 651. The fraction of sp³-hybridized carbons (Fsp3) is 0.611. The van der Waals surface area contributed by atoms with Crippen LogP contribution in [-0.2, 0) is 14.6 Å². The summed E-state index contributed by atoms with van der Waals surface area (Å²) in [6.07, 6.45) is 1.21. The fourth-order valence-electron chi connectivity index (χ4n) is 2.21. The Morgan fingerprint density at radius 3 is 2.62 bits per heavy atom. The van der Waals surface area contributed by atoms with Crippen molar-refractivity contribution in [1.29, 1.82) is 0 Å². The lowest BCUT2D eigenvalue weighted by molar-refractivity contribution is 0.154. The standard InChI is InChI=1S/C18H31N3O3S.HI/c1-5-19-18(20-9-10-24-11-12-25(4,22)23)21-14-16(3)17-8-6-7-15(2)13-17;/h6-8,13,16H,5,9-12,14H2,1-4H3,(H2,19,20,21);1H. The van der Waals surface area contributed by atoms with Gasteiger partial charge in [0.25, 0.3) is 0 Å². The summed E-state index contributed by atoms with van der Waals surface area (Å²) in [4.78, 5) is 4.62. The van der Waals surface area contributed by atoms with Crippen LogP contribution in [0.15, 0.2) is 29.3 Å². The van der Waals surface area contributed by atoms with Crippen LogP contribution in [0.3, 0.4) is 0 Å². The lowest BCUT2D eigenvalue weighted by Gasteiger charge is -2.14. The van der Waals surface area contributed by atoms with Crippen LogP contribution in [0.1, 0.15) is 30.9 Å². The number of ether oxygens (including phenoxy) is 1. The summed E-state index contributed by atoms with van der Waals surface area (Å²) in [5.41, 5.74) is 2.54. The molecule has 26 heavy (non-hydrogen) atoms. The highest BCUT2D eigenvalue weighted by molar-refractivity contribution is 14.0. The highest BCUT2D eigenvalue weighted by Gasteiger charge is 2.06. The van der Waals surface area contributed by atoms with Crippen molar-refractivity contribution in [2.45, 2.75) is 26.7 Å². The first-order valence-corrected chi connectivity index (χ1v) is 10.7. The van der Waals surface area contributed by atoms with Gasteiger partial charge in [-0.25, -0.2) is 8.42 Å². The zero-order valence-electron chi connectivity index (χ0n) is 16.1. The van der Waals surface area contributed by atoms with Gasteiger partial charge in [0.15, 0.2) is 5.96 Å². The second-order valence-corrected chi connectivity index (χ2v) is 8.46. The molecule has 1 atom stereocenters. The predicted octanol–water partition coefficient (Wildman–Crippen LogP) is 2.33. The summed E-state index contributed by atoms with van der Waals surface area (Å²) in [6, 6.07) is 8.48. The van der Waals surface area contributed by atoms with Crippen LogP contribution in [0.25, 0.3) is 0 Å². The molecule has 6 nitrogen and oxygen atoms in total. The Morgan fingerprint density at radius 1 is 1.27 bits per heavy atom. The van der Waals surface area contributed by atoms with Crippen LogP contribution in [0.2, 0.25) is 0 Å². The lowest BCUT2D eigenvalue weighted by atomic mass is 10.00. The molecular weight excluding hydrogens is 465 g/mol. The molecule has 0 radical (unpaired) electrons. The molecule has 2 N–H and O–H groups in total. The van der Waals surface area contributed by atoms with Crippen LogP contribution in [0, 0.1) is 6.92 Å². The summed E-state index contributed by atoms with van der Waals surface area (Å²) in [5, 5.41) is 6.40. The fourth-order valence-corrected chi connectivity index (χ4v) is 2.63. The van der Waals surface area contributed by atoms with E-state index in [1.165, 1.54) is 17.4 Å². The molecule has 0 aliphatic heterocycles. The quantitative estimate of drug-likeness (QED) is 0.225. The molecule has 0 aliphatic carbocycles. The molecule has 0 aromatic heterocycles. The third-order valence-corrected chi connectivity index (χ3v) is 4.52. The van der Waals surface area contributed by atoms with Crippen molar-refractivity contribution >= 4 is 39.8 Å². The molecule has 150 valence electrons. The zero-order chi connectivity index (χ0) is 18.7. The van der Waals surface area contributed by atoms with E-state index in [1.807, 2.05) is 6.92 Å². The molecule has 0 saturated carbocycles. The van der Waals surface area contributed by atoms with Gasteiger partial charge in [0.05, 0.1) is 19.0 Å². The number of hydrogen-bond donors (Lipinski definition) is 2. The summed E-state index contributed by atoms with van der Waals surface area (Å²) >= 11 is 0. The van der Waals surface area contributed by atoms with Gasteiger partial charge < -0.3 is 15.4 Å². The van der Waals surface area contributed by atoms with Crippen molar-refractivity contribution in [2.75, 3.05) is 44.9 Å². The number of nitrogens with zero attached hydrogens (tertiary/aromatic N) is 1. The van der Waals surface area contributed by atoms with Crippen LogP contribution in [0.5, 0.6) is 0 Å². The second-order valence-electron chi connectivity index (χ2n) is 6.20. The third-order valence-electron chi connectivity index (χ3n) is 3.62. The first-order valence-electron chi connectivity index (χ1n) is 8.66. The molecule has 0 spiro atoms. The predicted molar refractivity (Wildman–Crippen MR) is 120 cm³/mol. The summed E-state index contributed by atoms with van der Waals surface area (Å²) in [5.74, 6) is 1.13. The number of aryl methyl sites for hydroxylation is 1. The van der Waals surface area contributed by atoms with Crippen LogP contribution >= 0.6 is 24.0 Å². The van der Waals surface area contributed by atoms with Crippen molar-refractivity contribution in [3.63, 3.8) is 0 Å². The van der Waals surface area contributed by atoms with E-state index in [0.29, 0.717) is 25.6 Å². The topological polar surface area (TPSA) is 79.8 Å². The SMILES string of the molecule is CCNC(=NCC(C)c1cccc(C)c1)NCCOCCS(C)(=O)=O.I. The molecule has 8 heteroatoms. The van der Waals surface area contributed by atoms with E-state index < -0.39 is 9.84 Å². The van der Waals surface area contributed by atoms with Gasteiger partial charge in [0.2, 0.25) is 0 Å². The maximum Gasteiger partial charge on any atom is 0.191 e. The first kappa shape index (κ1) is 25.1. The van der Waals surface area contributed by atoms with Gasteiger partial charge in [-0.1, -0.05) is 36.8 Å². The van der Waals surface area contributed by atoms with Gasteiger partial charge in [0.1, 0.15) is 9.84 Å². The van der Waals surface area contributed by atoms with Crippen LogP contribution < -0.4 is 10.6 Å². The second kappa shape index (κ2) is 13.3. The van der Waals surface area contributed by atoms with Crippen molar-refractivity contribution in [3.05, 3.63) is 35.4 Å². The minimum absolute atomic E-state index is 0. The Balaban J connectivity index is 0.00000625. The Morgan fingerprint density at radius 2 is 2.00 bits per heavy atom. The number of benzene rings is 1. The number of sulfone groups is 1. The average Bonchev–Trinajstić information content (AvgIpc) is 2.54. The Labute approximate surface area is 175 Å². The van der Waals surface area contributed by atoms with Crippen LogP contribution in [0.4, 0.5) is 0 Å². The zero-order valence-corrected chi connectivity index (χ0v) is 19.3. The number of hydrogen-bond acceptors (Lipinski definition) is 4. The van der Waals surface area contributed by atoms with E-state index in [1.54, 1.807) is 0 Å². The van der Waals surface area contributed by atoms with E-state index in [0.717, 1.165) is 12.5 Å². The van der Waals surface area contributed by atoms with Gasteiger partial charge in [0, 0.05) is 31.8 Å². The van der Waals surface area contributed by atoms with Crippen LogP contribution in [-0.4, -0.2) is 59.2 Å². The minimum atomic E-state index is -2.97. The highest BCUT2D eigenvalue weighted by atomic mass is 127. The monoisotopic (exact) mass is 497 g/mol. The number of aliphatic imine (C=N–C) groups is 1. The van der Waals surface area contributed by atoms with Crippen molar-refractivity contribution < 1.29 is 13.2 Å². The Hall–Kier alpha value is -0.870. The highest BCUT2D eigenvalue weighted by Crippen LogP contribution is 2.16. The summed E-state index contributed by atoms with van der Waals surface area (Å²) in [7, 11) is -2.97. The van der Waals surface area contributed by atoms with E-state index in [4.69, 9.17) is 4.74 Å². The molecule has 0 heterocycles. The molecule has 0 aliphatic rings. The molecule has 0 saturated heterocycles. The van der Waals surface area contributed by atoms with E-state index in [9.17, 15) is 8.42 Å². The maximum absolute atomic E-state index is 11.0. The molecule has 1 aromatic carbocycles. The number of guanidine groups is 1. The first-order chi connectivity index (χ1) is 11.8. The smallest absolute Gasteiger partial charge is 0.191 e. The normalized spacial score (nSPS) is 13.0. The molecule has 1 rings (SSSR count). The van der Waals surface area contributed by atoms with Gasteiger partial charge >= 0.3 is 0 Å². The number of nitrogens with one attached hydrogen (secondary N) is 2. The molecule has 0 amide bonds. The molecular formula is C18H32IN3O3S. The average molecular weight is 497 g/mol. The van der Waals surface area contributed by atoms with E-state index in [-0.39, 0.29) is 36.3 Å². The van der Waals surface area contributed by atoms with Gasteiger partial charge in [-0.2, -0.15) is 0 Å². The van der Waals surface area contributed by atoms with Crippen molar-refractivity contribution in [2.24, 2.45) is 4.99 Å².